The molecule has 0 unspecified atom stereocenters. The van der Waals surface area contributed by atoms with Crippen LogP contribution in [-0.2, 0) is 19.7 Å². The number of hydrogen-bond acceptors (Lipinski definition) is 5. The van der Waals surface area contributed by atoms with E-state index in [0.717, 1.165) is 5.56 Å². The van der Waals surface area contributed by atoms with Gasteiger partial charge in [0.15, 0.2) is 6.61 Å². The first-order valence-corrected chi connectivity index (χ1v) is 8.06. The predicted octanol–water partition coefficient (Wildman–Crippen LogP) is 2.47. The minimum atomic E-state index is -0.909. The lowest BCUT2D eigenvalue weighted by Crippen LogP contribution is -2.37. The molecule has 0 heterocycles. The number of carbonyl (C=O) groups excluding carboxylic acids is 3. The molecule has 0 fully saturated rings. The lowest BCUT2D eigenvalue weighted by Gasteiger charge is -2.22. The lowest BCUT2D eigenvalue weighted by molar-refractivity contribution is -0.153. The third kappa shape index (κ3) is 4.47. The van der Waals surface area contributed by atoms with Crippen molar-refractivity contribution in [3.05, 3.63) is 65.7 Å². The average molecular weight is 355 g/mol. The minimum Gasteiger partial charge on any atom is -0.496 e. The maximum absolute atomic E-state index is 12.3. The molecule has 0 bridgehead atoms. The molecule has 1 N–H and O–H groups in total. The number of nitrogens with one attached hydrogen (secondary N) is 1. The minimum absolute atomic E-state index is 0.222. The van der Waals surface area contributed by atoms with Crippen LogP contribution >= 0.6 is 0 Å². The van der Waals surface area contributed by atoms with Crippen molar-refractivity contribution in [1.82, 2.24) is 5.32 Å². The van der Waals surface area contributed by atoms with Crippen molar-refractivity contribution in [2.75, 3.05) is 13.7 Å². The molecule has 2 aromatic carbocycles. The van der Waals surface area contributed by atoms with Gasteiger partial charge in [-0.2, -0.15) is 0 Å². The Morgan fingerprint density at radius 3 is 2.23 bits per heavy atom. The molecule has 0 aliphatic carbocycles. The van der Waals surface area contributed by atoms with Crippen LogP contribution in [0.1, 0.15) is 29.8 Å². The van der Waals surface area contributed by atoms with Crippen molar-refractivity contribution >= 4 is 17.8 Å². The Labute approximate surface area is 152 Å². The number of rotatable bonds is 6. The van der Waals surface area contributed by atoms with E-state index < -0.39 is 29.8 Å². The van der Waals surface area contributed by atoms with Crippen molar-refractivity contribution in [2.24, 2.45) is 0 Å². The molecule has 0 aliphatic heterocycles. The Balaban J connectivity index is 1.94. The molecule has 2 amide bonds. The number of esters is 1. The first-order chi connectivity index (χ1) is 12.4. The van der Waals surface area contributed by atoms with E-state index >= 15 is 0 Å². The zero-order valence-electron chi connectivity index (χ0n) is 14.9. The highest BCUT2D eigenvalue weighted by Gasteiger charge is 2.31. The van der Waals surface area contributed by atoms with Gasteiger partial charge in [-0.3, -0.25) is 19.7 Å². The fourth-order valence-corrected chi connectivity index (χ4v) is 2.35. The zero-order valence-corrected chi connectivity index (χ0v) is 14.9. The van der Waals surface area contributed by atoms with Gasteiger partial charge in [0, 0.05) is 0 Å². The number of benzene rings is 2. The van der Waals surface area contributed by atoms with Crippen molar-refractivity contribution in [1.29, 1.82) is 0 Å². The predicted molar refractivity (Wildman–Crippen MR) is 95.9 cm³/mol. The lowest BCUT2D eigenvalue weighted by atomic mass is 9.85. The van der Waals surface area contributed by atoms with Crippen LogP contribution in [0.4, 0.5) is 0 Å². The molecule has 2 rings (SSSR count). The van der Waals surface area contributed by atoms with Gasteiger partial charge in [-0.1, -0.05) is 42.5 Å². The molecule has 0 spiro atoms. The number of amides is 2. The Hall–Kier alpha value is -3.15. The zero-order chi connectivity index (χ0) is 19.2. The van der Waals surface area contributed by atoms with Crippen LogP contribution in [0.5, 0.6) is 5.75 Å². The number of imide groups is 1. The second-order valence-corrected chi connectivity index (χ2v) is 6.14. The third-order valence-corrected chi connectivity index (χ3v) is 3.94. The molecular formula is C20H21NO5. The number of carbonyl (C=O) groups is 3. The first kappa shape index (κ1) is 19.2. The summed E-state index contributed by atoms with van der Waals surface area (Å²) in [5, 5.41) is 2.18. The molecule has 0 saturated carbocycles. The molecule has 136 valence electrons. The van der Waals surface area contributed by atoms with Gasteiger partial charge in [0.05, 0.1) is 18.1 Å². The van der Waals surface area contributed by atoms with E-state index in [9.17, 15) is 14.4 Å². The molecule has 26 heavy (non-hydrogen) atoms. The summed E-state index contributed by atoms with van der Waals surface area (Å²) in [4.78, 5) is 36.4. The van der Waals surface area contributed by atoms with Crippen LogP contribution in [-0.4, -0.2) is 31.5 Å². The summed E-state index contributed by atoms with van der Waals surface area (Å²) in [6.45, 7) is 2.88. The summed E-state index contributed by atoms with van der Waals surface area (Å²) in [5.41, 5.74) is 0.0867. The Bertz CT molecular complexity index is 799. The SMILES string of the molecule is COc1ccccc1C(=O)NC(=O)COC(=O)C(C)(C)c1ccccc1. The van der Waals surface area contributed by atoms with Crippen LogP contribution in [0.25, 0.3) is 0 Å². The highest BCUT2D eigenvalue weighted by atomic mass is 16.5. The number of methoxy groups -OCH3 is 1. The summed E-state index contributed by atoms with van der Waals surface area (Å²) < 4.78 is 10.2. The van der Waals surface area contributed by atoms with Crippen LogP contribution in [0.2, 0.25) is 0 Å². The van der Waals surface area contributed by atoms with Gasteiger partial charge in [-0.05, 0) is 31.5 Å². The first-order valence-electron chi connectivity index (χ1n) is 8.06. The molecule has 0 radical (unpaired) electrons. The Morgan fingerprint density at radius 1 is 0.962 bits per heavy atom. The van der Waals surface area contributed by atoms with E-state index in [1.54, 1.807) is 32.0 Å². The van der Waals surface area contributed by atoms with Crippen LogP contribution in [0.3, 0.4) is 0 Å². The van der Waals surface area contributed by atoms with E-state index in [0.29, 0.717) is 5.75 Å². The quantitative estimate of drug-likeness (QED) is 0.805. The third-order valence-electron chi connectivity index (χ3n) is 3.94. The van der Waals surface area contributed by atoms with Crippen LogP contribution < -0.4 is 10.1 Å². The van der Waals surface area contributed by atoms with Gasteiger partial charge in [0.2, 0.25) is 0 Å². The van der Waals surface area contributed by atoms with Crippen molar-refractivity contribution in [2.45, 2.75) is 19.3 Å². The van der Waals surface area contributed by atoms with Gasteiger partial charge in [-0.25, -0.2) is 0 Å². The molecular weight excluding hydrogens is 334 g/mol. The Morgan fingerprint density at radius 2 is 1.58 bits per heavy atom. The van der Waals surface area contributed by atoms with Crippen molar-refractivity contribution in [3.8, 4) is 5.75 Å². The van der Waals surface area contributed by atoms with Gasteiger partial charge >= 0.3 is 5.97 Å². The molecule has 0 aromatic heterocycles. The largest absolute Gasteiger partial charge is 0.496 e. The van der Waals surface area contributed by atoms with Gasteiger partial charge in [0.1, 0.15) is 5.75 Å². The van der Waals surface area contributed by atoms with Gasteiger partial charge in [-0.15, -0.1) is 0 Å². The Kier molecular flexibility index (Phi) is 6.11. The smallest absolute Gasteiger partial charge is 0.316 e. The summed E-state index contributed by atoms with van der Waals surface area (Å²) in [6.07, 6.45) is 0. The van der Waals surface area contributed by atoms with Gasteiger partial charge in [0.25, 0.3) is 11.8 Å². The number of hydrogen-bond donors (Lipinski definition) is 1. The molecule has 2 aromatic rings. The highest BCUT2D eigenvalue weighted by Crippen LogP contribution is 2.24. The molecule has 0 aliphatic rings. The molecule has 0 atom stereocenters. The summed E-state index contributed by atoms with van der Waals surface area (Å²) in [7, 11) is 1.43. The average Bonchev–Trinajstić information content (AvgIpc) is 2.66. The topological polar surface area (TPSA) is 81.7 Å². The molecule has 0 saturated heterocycles. The van der Waals surface area contributed by atoms with E-state index in [1.165, 1.54) is 13.2 Å². The van der Waals surface area contributed by atoms with Crippen molar-refractivity contribution in [3.63, 3.8) is 0 Å². The number of ether oxygens (including phenoxy) is 2. The summed E-state index contributed by atoms with van der Waals surface area (Å²) in [5.74, 6) is -1.53. The second-order valence-electron chi connectivity index (χ2n) is 6.14. The van der Waals surface area contributed by atoms with Crippen molar-refractivity contribution < 1.29 is 23.9 Å². The standard InChI is InChI=1S/C20H21NO5/c1-20(2,14-9-5-4-6-10-14)19(24)26-13-17(22)21-18(23)15-11-7-8-12-16(15)25-3/h4-12H,13H2,1-3H3,(H,21,22,23). The summed E-state index contributed by atoms with van der Waals surface area (Å²) >= 11 is 0. The second kappa shape index (κ2) is 8.29. The van der Waals surface area contributed by atoms with Crippen LogP contribution in [0.15, 0.2) is 54.6 Å². The molecule has 6 heteroatoms. The maximum atomic E-state index is 12.3. The maximum Gasteiger partial charge on any atom is 0.316 e. The summed E-state index contributed by atoms with van der Waals surface area (Å²) in [6, 6.07) is 15.6. The monoisotopic (exact) mass is 355 g/mol. The molecule has 6 nitrogen and oxygen atoms in total. The van der Waals surface area contributed by atoms with E-state index in [-0.39, 0.29) is 5.56 Å². The normalized spacial score (nSPS) is 10.7. The van der Waals surface area contributed by atoms with E-state index in [1.807, 2.05) is 30.3 Å². The fraction of sp³-hybridized carbons (Fsp3) is 0.250. The number of para-hydroxylation sites is 1. The highest BCUT2D eigenvalue weighted by molar-refractivity contribution is 6.06. The van der Waals surface area contributed by atoms with Gasteiger partial charge < -0.3 is 9.47 Å². The van der Waals surface area contributed by atoms with E-state index in [4.69, 9.17) is 9.47 Å². The van der Waals surface area contributed by atoms with Crippen LogP contribution in [0, 0.1) is 0 Å². The fourth-order valence-electron chi connectivity index (χ4n) is 2.35. The van der Waals surface area contributed by atoms with E-state index in [2.05, 4.69) is 5.32 Å².